The molecule has 0 unspecified atom stereocenters. The summed E-state index contributed by atoms with van der Waals surface area (Å²) in [5, 5.41) is 1.51. The molecule has 2 nitrogen and oxygen atoms in total. The van der Waals surface area contributed by atoms with Gasteiger partial charge < -0.3 is 5.32 Å². The lowest BCUT2D eigenvalue weighted by molar-refractivity contribution is -0.343. The third-order valence-corrected chi connectivity index (χ3v) is 3.20. The normalized spacial score (nSPS) is 13.3. The number of aryl methyl sites for hydroxylation is 1. The molecule has 9 heteroatoms. The van der Waals surface area contributed by atoms with E-state index in [1.165, 1.54) is 24.4 Å². The van der Waals surface area contributed by atoms with Crippen molar-refractivity contribution in [3.63, 3.8) is 0 Å². The van der Waals surface area contributed by atoms with E-state index in [9.17, 15) is 35.5 Å². The van der Waals surface area contributed by atoms with E-state index < -0.39 is 23.9 Å². The number of nitrogens with one attached hydrogen (secondary N) is 1. The molecule has 0 saturated carbocycles. The van der Waals surface area contributed by atoms with Crippen molar-refractivity contribution in [3.05, 3.63) is 29.3 Å². The van der Waals surface area contributed by atoms with Gasteiger partial charge in [-0.2, -0.15) is 30.7 Å². The lowest BCUT2D eigenvalue weighted by Crippen LogP contribution is -2.57. The molecule has 0 aromatic heterocycles. The Labute approximate surface area is 127 Å². The molecule has 130 valence electrons. The van der Waals surface area contributed by atoms with Crippen molar-refractivity contribution in [1.82, 2.24) is 0 Å². The van der Waals surface area contributed by atoms with Gasteiger partial charge in [-0.3, -0.25) is 4.79 Å². The molecule has 1 N–H and O–H groups in total. The van der Waals surface area contributed by atoms with Crippen LogP contribution in [0.4, 0.5) is 36.4 Å². The maximum Gasteiger partial charge on any atom is 0.460 e. The van der Waals surface area contributed by atoms with E-state index in [2.05, 4.69) is 0 Å². The van der Waals surface area contributed by atoms with Gasteiger partial charge in [-0.25, -0.2) is 0 Å². The minimum Gasteiger partial charge on any atom is -0.320 e. The van der Waals surface area contributed by atoms with Crippen LogP contribution in [0.5, 0.6) is 0 Å². The fourth-order valence-electron chi connectivity index (χ4n) is 1.85. The molecule has 0 aliphatic rings. The fourth-order valence-corrected chi connectivity index (χ4v) is 1.85. The predicted molar refractivity (Wildman–Crippen MR) is 69.8 cm³/mol. The zero-order chi connectivity index (χ0) is 18.2. The molecule has 1 amide bonds. The van der Waals surface area contributed by atoms with Gasteiger partial charge in [0.1, 0.15) is 0 Å². The maximum absolute atomic E-state index is 13.4. The van der Waals surface area contributed by atoms with Crippen molar-refractivity contribution in [3.8, 4) is 0 Å². The van der Waals surface area contributed by atoms with Crippen LogP contribution in [0.1, 0.15) is 30.9 Å². The lowest BCUT2D eigenvalue weighted by Gasteiger charge is -2.28. The number of benzene rings is 1. The molecule has 0 aliphatic heterocycles. The van der Waals surface area contributed by atoms with Gasteiger partial charge in [0.25, 0.3) is 0 Å². The van der Waals surface area contributed by atoms with E-state index in [0.717, 1.165) is 0 Å². The Morgan fingerprint density at radius 1 is 1.04 bits per heavy atom. The summed E-state index contributed by atoms with van der Waals surface area (Å²) in [6.07, 6.45) is -6.56. The van der Waals surface area contributed by atoms with Crippen LogP contribution in [0.3, 0.4) is 0 Å². The first kappa shape index (κ1) is 19.2. The highest BCUT2D eigenvalue weighted by atomic mass is 19.4. The number of halogens is 7. The van der Waals surface area contributed by atoms with Crippen LogP contribution in [0, 0.1) is 6.92 Å². The molecule has 0 aliphatic carbocycles. The second kappa shape index (κ2) is 6.01. The zero-order valence-corrected chi connectivity index (χ0v) is 12.4. The largest absolute Gasteiger partial charge is 0.460 e. The maximum atomic E-state index is 13.4. The van der Waals surface area contributed by atoms with Gasteiger partial charge in [0.05, 0.1) is 0 Å². The van der Waals surface area contributed by atoms with Crippen molar-refractivity contribution in [2.24, 2.45) is 0 Å². The molecule has 0 atom stereocenters. The van der Waals surface area contributed by atoms with Gasteiger partial charge in [0.2, 0.25) is 0 Å². The van der Waals surface area contributed by atoms with Crippen LogP contribution in [0.25, 0.3) is 0 Å². The van der Waals surface area contributed by atoms with Gasteiger partial charge in [0, 0.05) is 5.69 Å². The number of hydrogen-bond acceptors (Lipinski definition) is 1. The average molecular weight is 345 g/mol. The molecule has 0 saturated heterocycles. The summed E-state index contributed by atoms with van der Waals surface area (Å²) in [5.41, 5.74) is 0.394. The first-order chi connectivity index (χ1) is 10.2. The van der Waals surface area contributed by atoms with E-state index in [4.69, 9.17) is 0 Å². The van der Waals surface area contributed by atoms with Crippen LogP contribution in [0.15, 0.2) is 18.2 Å². The van der Waals surface area contributed by atoms with Crippen LogP contribution < -0.4 is 5.32 Å². The van der Waals surface area contributed by atoms with Crippen molar-refractivity contribution >= 4 is 11.6 Å². The first-order valence-corrected chi connectivity index (χ1v) is 6.46. The Hall–Kier alpha value is -1.80. The Morgan fingerprint density at radius 3 is 2.00 bits per heavy atom. The average Bonchev–Trinajstić information content (AvgIpc) is 2.38. The molecule has 23 heavy (non-hydrogen) atoms. The van der Waals surface area contributed by atoms with E-state index in [0.29, 0.717) is 5.56 Å². The predicted octanol–water partition coefficient (Wildman–Crippen LogP) is 4.89. The number of amides is 1. The quantitative estimate of drug-likeness (QED) is 0.774. The molecule has 0 radical (unpaired) electrons. The zero-order valence-electron chi connectivity index (χ0n) is 12.4. The summed E-state index contributed by atoms with van der Waals surface area (Å²) < 4.78 is 88.8. The van der Waals surface area contributed by atoms with E-state index in [-0.39, 0.29) is 17.2 Å². The molecule has 0 spiro atoms. The third kappa shape index (κ3) is 3.42. The molecule has 0 heterocycles. The topological polar surface area (TPSA) is 29.1 Å². The molecular formula is C14H14F7NO. The summed E-state index contributed by atoms with van der Waals surface area (Å²) in [6, 6.07) is 4.40. The standard InChI is InChI=1S/C14H14F7NO/c1-7(2)9-6-4-5-8(3)10(9)22-11(23)12(15,16)13(17,18)14(19,20)21/h4-7H,1-3H3,(H,22,23). The van der Waals surface area contributed by atoms with Gasteiger partial charge in [-0.05, 0) is 24.0 Å². The SMILES string of the molecule is Cc1cccc(C(C)C)c1NC(=O)C(F)(F)C(F)(F)C(F)(F)F. The number of para-hydroxylation sites is 1. The number of carbonyl (C=O) groups is 1. The smallest absolute Gasteiger partial charge is 0.320 e. The first-order valence-electron chi connectivity index (χ1n) is 6.46. The second-order valence-corrected chi connectivity index (χ2v) is 5.29. The van der Waals surface area contributed by atoms with Crippen LogP contribution in [-0.4, -0.2) is 23.9 Å². The Bertz CT molecular complexity index is 593. The van der Waals surface area contributed by atoms with Crippen LogP contribution >= 0.6 is 0 Å². The highest BCUT2D eigenvalue weighted by molar-refractivity contribution is 5.98. The van der Waals surface area contributed by atoms with Crippen LogP contribution in [-0.2, 0) is 4.79 Å². The van der Waals surface area contributed by atoms with Gasteiger partial charge in [0.15, 0.2) is 0 Å². The summed E-state index contributed by atoms with van der Waals surface area (Å²) in [5.74, 6) is -15.4. The Morgan fingerprint density at radius 2 is 1.57 bits per heavy atom. The minimum atomic E-state index is -6.56. The number of alkyl halides is 7. The van der Waals surface area contributed by atoms with Crippen LogP contribution in [0.2, 0.25) is 0 Å². The number of hydrogen-bond donors (Lipinski definition) is 1. The summed E-state index contributed by atoms with van der Waals surface area (Å²) >= 11 is 0. The highest BCUT2D eigenvalue weighted by Gasteiger charge is 2.76. The molecule has 1 rings (SSSR count). The third-order valence-electron chi connectivity index (χ3n) is 3.20. The molecular weight excluding hydrogens is 331 g/mol. The minimum absolute atomic E-state index is 0.204. The van der Waals surface area contributed by atoms with E-state index >= 15 is 0 Å². The second-order valence-electron chi connectivity index (χ2n) is 5.29. The summed E-state index contributed by atoms with van der Waals surface area (Å²) in [6.45, 7) is 4.70. The van der Waals surface area contributed by atoms with Crippen molar-refractivity contribution in [1.29, 1.82) is 0 Å². The molecule has 1 aromatic rings. The number of anilines is 1. The number of rotatable bonds is 4. The van der Waals surface area contributed by atoms with E-state index in [1.54, 1.807) is 19.9 Å². The summed E-state index contributed by atoms with van der Waals surface area (Å²) in [7, 11) is 0. The van der Waals surface area contributed by atoms with Gasteiger partial charge in [-0.1, -0.05) is 32.0 Å². The Balaban J connectivity index is 3.24. The van der Waals surface area contributed by atoms with Gasteiger partial charge >= 0.3 is 23.9 Å². The highest BCUT2D eigenvalue weighted by Crippen LogP contribution is 2.47. The lowest BCUT2D eigenvalue weighted by atomic mass is 9.98. The molecule has 0 bridgehead atoms. The Kier molecular flexibility index (Phi) is 5.03. The molecule has 1 aromatic carbocycles. The molecule has 0 fully saturated rings. The van der Waals surface area contributed by atoms with E-state index in [1.807, 2.05) is 0 Å². The summed E-state index contributed by atoms with van der Waals surface area (Å²) in [4.78, 5) is 11.4. The fraction of sp³-hybridized carbons (Fsp3) is 0.500. The number of carbonyl (C=O) groups excluding carboxylic acids is 1. The van der Waals surface area contributed by atoms with Gasteiger partial charge in [-0.15, -0.1) is 0 Å². The van der Waals surface area contributed by atoms with Crippen molar-refractivity contribution < 1.29 is 35.5 Å². The van der Waals surface area contributed by atoms with Crippen molar-refractivity contribution in [2.75, 3.05) is 5.32 Å². The van der Waals surface area contributed by atoms with Crippen molar-refractivity contribution in [2.45, 2.75) is 44.7 Å². The monoisotopic (exact) mass is 345 g/mol.